The average Bonchev–Trinajstić information content (AvgIpc) is 3.20. The summed E-state index contributed by atoms with van der Waals surface area (Å²) in [6, 6.07) is 7.43. The Hall–Kier alpha value is -2.84. The Kier molecular flexibility index (Phi) is 5.68. The molecular weight excluding hydrogens is 383 g/mol. The largest absolute Gasteiger partial charge is 0.408 e. The fourth-order valence-electron chi connectivity index (χ4n) is 3.54. The number of aryl methyl sites for hydroxylation is 1. The smallest absolute Gasteiger partial charge is 0.369 e. The first-order valence-corrected chi connectivity index (χ1v) is 9.50. The average molecular weight is 407 g/mol. The van der Waals surface area contributed by atoms with Crippen LogP contribution < -0.4 is 5.73 Å². The van der Waals surface area contributed by atoms with E-state index in [-0.39, 0.29) is 11.5 Å². The second-order valence-corrected chi connectivity index (χ2v) is 7.24. The molecule has 2 N–H and O–H groups in total. The van der Waals surface area contributed by atoms with Crippen LogP contribution in [0, 0.1) is 0 Å². The van der Waals surface area contributed by atoms with Crippen molar-refractivity contribution in [1.29, 1.82) is 0 Å². The lowest BCUT2D eigenvalue weighted by Gasteiger charge is -2.25. The van der Waals surface area contributed by atoms with E-state index in [9.17, 15) is 18.0 Å². The van der Waals surface area contributed by atoms with Crippen molar-refractivity contribution in [3.63, 3.8) is 0 Å². The Balaban J connectivity index is 2.06. The molecular formula is C20H24F3N5O. The number of amides is 1. The van der Waals surface area contributed by atoms with Crippen LogP contribution in [0.15, 0.2) is 41.7 Å². The predicted molar refractivity (Wildman–Crippen MR) is 103 cm³/mol. The van der Waals surface area contributed by atoms with Gasteiger partial charge in [-0.1, -0.05) is 44.0 Å². The van der Waals surface area contributed by atoms with Crippen LogP contribution in [0.4, 0.5) is 13.2 Å². The van der Waals surface area contributed by atoms with Gasteiger partial charge in [0.1, 0.15) is 6.54 Å². The molecule has 1 atom stereocenters. The summed E-state index contributed by atoms with van der Waals surface area (Å²) in [5.74, 6) is -0.415. The van der Waals surface area contributed by atoms with E-state index in [0.717, 1.165) is 35.9 Å². The fraction of sp³-hybridized carbons (Fsp3) is 0.450. The molecule has 0 spiro atoms. The Morgan fingerprint density at radius 3 is 2.59 bits per heavy atom. The summed E-state index contributed by atoms with van der Waals surface area (Å²) in [5, 5.41) is 3.80. The van der Waals surface area contributed by atoms with Crippen LogP contribution in [0.3, 0.4) is 0 Å². The highest BCUT2D eigenvalue weighted by atomic mass is 19.4. The Labute approximate surface area is 167 Å². The minimum absolute atomic E-state index is 0.00922. The number of guanidine groups is 1. The number of benzene rings is 1. The van der Waals surface area contributed by atoms with Crippen molar-refractivity contribution >= 4 is 11.9 Å². The first-order valence-electron chi connectivity index (χ1n) is 9.50. The molecule has 1 aromatic heterocycles. The summed E-state index contributed by atoms with van der Waals surface area (Å²) >= 11 is 0. The van der Waals surface area contributed by atoms with Gasteiger partial charge in [0, 0.05) is 18.8 Å². The van der Waals surface area contributed by atoms with E-state index in [1.54, 1.807) is 6.07 Å². The van der Waals surface area contributed by atoms with Crippen molar-refractivity contribution in [2.24, 2.45) is 10.7 Å². The van der Waals surface area contributed by atoms with Crippen LogP contribution in [0.5, 0.6) is 0 Å². The van der Waals surface area contributed by atoms with Crippen LogP contribution in [-0.4, -0.2) is 39.8 Å². The molecule has 0 saturated carbocycles. The van der Waals surface area contributed by atoms with E-state index in [1.807, 2.05) is 18.2 Å². The van der Waals surface area contributed by atoms with E-state index in [1.165, 1.54) is 24.3 Å². The summed E-state index contributed by atoms with van der Waals surface area (Å²) < 4.78 is 39.1. The Morgan fingerprint density at radius 2 is 1.97 bits per heavy atom. The molecule has 9 heteroatoms. The minimum Gasteiger partial charge on any atom is -0.369 e. The molecule has 0 aliphatic carbocycles. The van der Waals surface area contributed by atoms with E-state index < -0.39 is 24.2 Å². The van der Waals surface area contributed by atoms with Gasteiger partial charge in [-0.15, -0.1) is 0 Å². The summed E-state index contributed by atoms with van der Waals surface area (Å²) in [4.78, 5) is 18.8. The van der Waals surface area contributed by atoms with Crippen molar-refractivity contribution in [3.8, 4) is 0 Å². The quantitative estimate of drug-likeness (QED) is 0.716. The summed E-state index contributed by atoms with van der Waals surface area (Å²) in [6.45, 7) is 0.873. The topological polar surface area (TPSA) is 76.5 Å². The number of aliphatic imine (C=N–C) groups is 1. The lowest BCUT2D eigenvalue weighted by molar-refractivity contribution is -0.142. The number of nitrogens with two attached hydrogens (primary N) is 1. The van der Waals surface area contributed by atoms with Crippen LogP contribution in [0.2, 0.25) is 0 Å². The molecule has 1 aliphatic rings. The standard InChI is InChI=1S/C20H24F3N5O/c1-3-4-5-7-14-8-6-9-15(10-14)20(17(29)27(2)18(24)26-20)16-11-25-28(12-16)13-19(21,22)23/h6,8-12H,3-5,7,13H2,1-2H3,(H2,24,26). The second-order valence-electron chi connectivity index (χ2n) is 7.24. The molecule has 0 saturated heterocycles. The molecule has 156 valence electrons. The van der Waals surface area contributed by atoms with Crippen molar-refractivity contribution < 1.29 is 18.0 Å². The fourth-order valence-corrected chi connectivity index (χ4v) is 3.54. The molecule has 1 unspecified atom stereocenters. The third-order valence-electron chi connectivity index (χ3n) is 5.05. The van der Waals surface area contributed by atoms with Crippen molar-refractivity contribution in [1.82, 2.24) is 14.7 Å². The molecule has 6 nitrogen and oxygen atoms in total. The van der Waals surface area contributed by atoms with Gasteiger partial charge in [-0.3, -0.25) is 14.4 Å². The lowest BCUT2D eigenvalue weighted by atomic mass is 9.83. The zero-order valence-electron chi connectivity index (χ0n) is 16.4. The lowest BCUT2D eigenvalue weighted by Crippen LogP contribution is -2.41. The van der Waals surface area contributed by atoms with Crippen molar-refractivity contribution in [2.45, 2.75) is 50.9 Å². The first kappa shape index (κ1) is 20.9. The second kappa shape index (κ2) is 7.88. The SMILES string of the molecule is CCCCCc1cccc(C2(c3cnn(CC(F)(F)F)c3)N=C(N)N(C)C2=O)c1. The number of likely N-dealkylation sites (N-methyl/N-ethyl adjacent to an activating group) is 1. The van der Waals surface area contributed by atoms with Gasteiger partial charge in [0.2, 0.25) is 0 Å². The normalized spacial score (nSPS) is 19.7. The molecule has 0 bridgehead atoms. The number of hydrogen-bond acceptors (Lipinski definition) is 4. The molecule has 1 amide bonds. The molecule has 0 radical (unpaired) electrons. The van der Waals surface area contributed by atoms with E-state index in [2.05, 4.69) is 17.0 Å². The highest BCUT2D eigenvalue weighted by Crippen LogP contribution is 2.39. The number of rotatable bonds is 7. The highest BCUT2D eigenvalue weighted by Gasteiger charge is 2.50. The Bertz CT molecular complexity index is 921. The third-order valence-corrected chi connectivity index (χ3v) is 5.05. The maximum atomic E-state index is 13.2. The van der Waals surface area contributed by atoms with Crippen LogP contribution >= 0.6 is 0 Å². The van der Waals surface area contributed by atoms with Crippen LogP contribution in [-0.2, 0) is 23.3 Å². The van der Waals surface area contributed by atoms with E-state index >= 15 is 0 Å². The molecule has 29 heavy (non-hydrogen) atoms. The molecule has 2 heterocycles. The number of carbonyl (C=O) groups excluding carboxylic acids is 1. The monoisotopic (exact) mass is 407 g/mol. The molecule has 3 rings (SSSR count). The van der Waals surface area contributed by atoms with Crippen molar-refractivity contribution in [2.75, 3.05) is 7.05 Å². The maximum absolute atomic E-state index is 13.2. The van der Waals surface area contributed by atoms with Gasteiger partial charge >= 0.3 is 6.18 Å². The van der Waals surface area contributed by atoms with E-state index in [0.29, 0.717) is 5.56 Å². The van der Waals surface area contributed by atoms with Gasteiger partial charge in [-0.25, -0.2) is 4.99 Å². The van der Waals surface area contributed by atoms with E-state index in [4.69, 9.17) is 5.73 Å². The Morgan fingerprint density at radius 1 is 1.21 bits per heavy atom. The number of hydrogen-bond donors (Lipinski definition) is 1. The predicted octanol–water partition coefficient (Wildman–Crippen LogP) is 3.21. The molecule has 2 aromatic rings. The highest BCUT2D eigenvalue weighted by molar-refractivity contribution is 6.08. The zero-order valence-corrected chi connectivity index (χ0v) is 16.4. The number of carbonyl (C=O) groups is 1. The van der Waals surface area contributed by atoms with Gasteiger partial charge < -0.3 is 5.73 Å². The van der Waals surface area contributed by atoms with Gasteiger partial charge in [0.15, 0.2) is 11.5 Å². The number of unbranched alkanes of at least 4 members (excludes halogenated alkanes) is 2. The first-order chi connectivity index (χ1) is 13.7. The number of aromatic nitrogens is 2. The summed E-state index contributed by atoms with van der Waals surface area (Å²) in [6.07, 6.45) is 2.07. The van der Waals surface area contributed by atoms with Gasteiger partial charge in [0.25, 0.3) is 5.91 Å². The van der Waals surface area contributed by atoms with Gasteiger partial charge in [0.05, 0.1) is 6.20 Å². The number of nitrogens with zero attached hydrogens (tertiary/aromatic N) is 4. The molecule has 0 fully saturated rings. The van der Waals surface area contributed by atoms with Crippen LogP contribution in [0.25, 0.3) is 0 Å². The minimum atomic E-state index is -4.42. The van der Waals surface area contributed by atoms with Crippen molar-refractivity contribution in [3.05, 3.63) is 53.3 Å². The number of halogens is 3. The third kappa shape index (κ3) is 4.13. The van der Waals surface area contributed by atoms with Gasteiger partial charge in [-0.05, 0) is 24.0 Å². The van der Waals surface area contributed by atoms with Gasteiger partial charge in [-0.2, -0.15) is 18.3 Å². The summed E-state index contributed by atoms with van der Waals surface area (Å²) in [5.41, 5.74) is 6.23. The molecule has 1 aromatic carbocycles. The maximum Gasteiger partial charge on any atom is 0.408 e. The number of alkyl halides is 3. The molecule has 1 aliphatic heterocycles. The zero-order chi connectivity index (χ0) is 21.2. The van der Waals surface area contributed by atoms with Crippen LogP contribution in [0.1, 0.15) is 42.9 Å². The summed E-state index contributed by atoms with van der Waals surface area (Å²) in [7, 11) is 1.49.